The minimum Gasteiger partial charge on any atom is -0.374 e. The van der Waals surface area contributed by atoms with E-state index in [2.05, 4.69) is 0 Å². The molecular weight excluding hydrogens is 207 g/mol. The molecule has 0 radical (unpaired) electrons. The Kier molecular flexibility index (Phi) is 3.41. The molecule has 3 nitrogen and oxygen atoms in total. The minimum atomic E-state index is -0.513. The Balaban J connectivity index is 2.33. The van der Waals surface area contributed by atoms with E-state index in [-0.39, 0.29) is 5.82 Å². The monoisotopic (exact) mass is 224 g/mol. The van der Waals surface area contributed by atoms with Crippen molar-refractivity contribution in [3.8, 4) is 0 Å². The van der Waals surface area contributed by atoms with Crippen LogP contribution < -0.4 is 10.6 Å². The summed E-state index contributed by atoms with van der Waals surface area (Å²) < 4.78 is 13.2. The Labute approximate surface area is 94.7 Å². The topological polar surface area (TPSA) is 49.5 Å². The van der Waals surface area contributed by atoms with Crippen LogP contribution in [-0.2, 0) is 6.54 Å². The molecule has 0 aliphatic carbocycles. The Hall–Kier alpha value is -1.13. The Morgan fingerprint density at radius 1 is 1.44 bits per heavy atom. The summed E-state index contributed by atoms with van der Waals surface area (Å²) in [7, 11) is 0. The predicted molar refractivity (Wildman–Crippen MR) is 61.5 cm³/mol. The molecule has 1 aromatic rings. The van der Waals surface area contributed by atoms with E-state index >= 15 is 0 Å². The number of nitrogens with two attached hydrogens (primary N) is 1. The van der Waals surface area contributed by atoms with Gasteiger partial charge in [-0.3, -0.25) is 0 Å². The number of benzene rings is 1. The largest absolute Gasteiger partial charge is 0.374 e. The van der Waals surface area contributed by atoms with E-state index in [0.717, 1.165) is 37.1 Å². The molecular formula is C12H17FN2O. The summed E-state index contributed by atoms with van der Waals surface area (Å²) in [6.45, 7) is 1.12. The fourth-order valence-electron chi connectivity index (χ4n) is 2.17. The molecule has 0 saturated carbocycles. The lowest BCUT2D eigenvalue weighted by atomic mass is 10.1. The van der Waals surface area contributed by atoms with Gasteiger partial charge in [0.1, 0.15) is 12.0 Å². The van der Waals surface area contributed by atoms with Crippen LogP contribution >= 0.6 is 0 Å². The number of hydrogen-bond acceptors (Lipinski definition) is 3. The van der Waals surface area contributed by atoms with E-state index in [1.807, 2.05) is 4.90 Å². The molecule has 0 aromatic heterocycles. The zero-order chi connectivity index (χ0) is 11.5. The van der Waals surface area contributed by atoms with Crippen LogP contribution in [0.5, 0.6) is 0 Å². The highest BCUT2D eigenvalue weighted by Crippen LogP contribution is 2.27. The van der Waals surface area contributed by atoms with Crippen molar-refractivity contribution in [2.45, 2.75) is 32.0 Å². The third-order valence-corrected chi connectivity index (χ3v) is 3.05. The van der Waals surface area contributed by atoms with Crippen LogP contribution in [0.3, 0.4) is 0 Å². The first-order chi connectivity index (χ1) is 7.72. The number of anilines is 1. The van der Waals surface area contributed by atoms with Gasteiger partial charge in [-0.1, -0.05) is 6.07 Å². The number of piperidine rings is 1. The van der Waals surface area contributed by atoms with E-state index in [1.54, 1.807) is 6.07 Å². The highest BCUT2D eigenvalue weighted by Gasteiger charge is 2.22. The van der Waals surface area contributed by atoms with Crippen molar-refractivity contribution < 1.29 is 9.50 Å². The summed E-state index contributed by atoms with van der Waals surface area (Å²) in [6, 6.07) is 4.55. The SMILES string of the molecule is NCc1ccc(F)cc1N1CCCCC1O. The third-order valence-electron chi connectivity index (χ3n) is 3.05. The molecule has 1 heterocycles. The lowest BCUT2D eigenvalue weighted by molar-refractivity contribution is 0.139. The van der Waals surface area contributed by atoms with Crippen LogP contribution in [0.25, 0.3) is 0 Å². The van der Waals surface area contributed by atoms with Crippen LogP contribution in [0.2, 0.25) is 0 Å². The van der Waals surface area contributed by atoms with Gasteiger partial charge in [-0.05, 0) is 37.0 Å². The molecule has 1 aliphatic heterocycles. The molecule has 0 spiro atoms. The average molecular weight is 224 g/mol. The van der Waals surface area contributed by atoms with E-state index in [9.17, 15) is 9.50 Å². The van der Waals surface area contributed by atoms with Crippen molar-refractivity contribution in [2.24, 2.45) is 5.73 Å². The maximum Gasteiger partial charge on any atom is 0.126 e. The van der Waals surface area contributed by atoms with Gasteiger partial charge in [0.05, 0.1) is 0 Å². The summed E-state index contributed by atoms with van der Waals surface area (Å²) in [5.74, 6) is -0.287. The molecule has 2 rings (SSSR count). The highest BCUT2D eigenvalue weighted by atomic mass is 19.1. The predicted octanol–water partition coefficient (Wildman–Crippen LogP) is 1.59. The number of nitrogens with zero attached hydrogens (tertiary/aromatic N) is 1. The van der Waals surface area contributed by atoms with E-state index in [0.29, 0.717) is 6.54 Å². The van der Waals surface area contributed by atoms with E-state index in [4.69, 9.17) is 5.73 Å². The first-order valence-electron chi connectivity index (χ1n) is 5.65. The van der Waals surface area contributed by atoms with Crippen LogP contribution in [0.15, 0.2) is 18.2 Å². The Morgan fingerprint density at radius 3 is 2.94 bits per heavy atom. The number of aliphatic hydroxyl groups excluding tert-OH is 1. The number of rotatable bonds is 2. The maximum absolute atomic E-state index is 13.2. The second kappa shape index (κ2) is 4.80. The molecule has 1 atom stereocenters. The molecule has 1 aromatic carbocycles. The summed E-state index contributed by atoms with van der Waals surface area (Å²) in [6.07, 6.45) is 2.27. The normalized spacial score (nSPS) is 21.2. The summed E-state index contributed by atoms with van der Waals surface area (Å²) >= 11 is 0. The Morgan fingerprint density at radius 2 is 2.25 bits per heavy atom. The maximum atomic E-state index is 13.2. The standard InChI is InChI=1S/C12H17FN2O/c13-10-5-4-9(8-14)11(7-10)15-6-2-1-3-12(15)16/h4-5,7,12,16H,1-3,6,8,14H2. The molecule has 0 amide bonds. The van der Waals surface area contributed by atoms with Gasteiger partial charge in [-0.15, -0.1) is 0 Å². The van der Waals surface area contributed by atoms with Crippen molar-refractivity contribution in [2.75, 3.05) is 11.4 Å². The third kappa shape index (κ3) is 2.18. The highest BCUT2D eigenvalue weighted by molar-refractivity contribution is 5.54. The molecule has 0 bridgehead atoms. The summed E-state index contributed by atoms with van der Waals surface area (Å²) in [5, 5.41) is 9.90. The first kappa shape index (κ1) is 11.4. The molecule has 16 heavy (non-hydrogen) atoms. The Bertz CT molecular complexity index is 370. The fourth-order valence-corrected chi connectivity index (χ4v) is 2.17. The van der Waals surface area contributed by atoms with Gasteiger partial charge in [0.25, 0.3) is 0 Å². The van der Waals surface area contributed by atoms with Crippen molar-refractivity contribution in [1.82, 2.24) is 0 Å². The van der Waals surface area contributed by atoms with Crippen molar-refractivity contribution in [3.63, 3.8) is 0 Å². The van der Waals surface area contributed by atoms with Gasteiger partial charge in [0.15, 0.2) is 0 Å². The van der Waals surface area contributed by atoms with Gasteiger partial charge in [-0.2, -0.15) is 0 Å². The van der Waals surface area contributed by atoms with Gasteiger partial charge in [0, 0.05) is 18.8 Å². The summed E-state index contributed by atoms with van der Waals surface area (Å²) in [5.41, 5.74) is 7.23. The fraction of sp³-hybridized carbons (Fsp3) is 0.500. The van der Waals surface area contributed by atoms with Gasteiger partial charge >= 0.3 is 0 Å². The molecule has 1 unspecified atom stereocenters. The second-order valence-electron chi connectivity index (χ2n) is 4.15. The lowest BCUT2D eigenvalue weighted by Gasteiger charge is -2.35. The number of aliphatic hydroxyl groups is 1. The zero-order valence-corrected chi connectivity index (χ0v) is 9.19. The second-order valence-corrected chi connectivity index (χ2v) is 4.15. The van der Waals surface area contributed by atoms with Gasteiger partial charge < -0.3 is 15.7 Å². The molecule has 1 fully saturated rings. The quantitative estimate of drug-likeness (QED) is 0.802. The molecule has 3 N–H and O–H groups in total. The summed E-state index contributed by atoms with van der Waals surface area (Å²) in [4.78, 5) is 1.84. The molecule has 88 valence electrons. The lowest BCUT2D eigenvalue weighted by Crippen LogP contribution is -2.40. The van der Waals surface area contributed by atoms with Crippen LogP contribution in [-0.4, -0.2) is 17.9 Å². The zero-order valence-electron chi connectivity index (χ0n) is 9.19. The van der Waals surface area contributed by atoms with Crippen molar-refractivity contribution in [3.05, 3.63) is 29.6 Å². The van der Waals surface area contributed by atoms with Gasteiger partial charge in [-0.25, -0.2) is 4.39 Å². The number of hydrogen-bond donors (Lipinski definition) is 2. The molecule has 1 saturated heterocycles. The van der Waals surface area contributed by atoms with E-state index < -0.39 is 6.23 Å². The molecule has 4 heteroatoms. The van der Waals surface area contributed by atoms with Crippen molar-refractivity contribution >= 4 is 5.69 Å². The van der Waals surface area contributed by atoms with Crippen LogP contribution in [0, 0.1) is 5.82 Å². The van der Waals surface area contributed by atoms with E-state index in [1.165, 1.54) is 12.1 Å². The van der Waals surface area contributed by atoms with Gasteiger partial charge in [0.2, 0.25) is 0 Å². The van der Waals surface area contributed by atoms with Crippen LogP contribution in [0.4, 0.5) is 10.1 Å². The minimum absolute atomic E-state index is 0.287. The number of halogens is 1. The average Bonchev–Trinajstić information content (AvgIpc) is 2.29. The van der Waals surface area contributed by atoms with Crippen LogP contribution in [0.1, 0.15) is 24.8 Å². The first-order valence-corrected chi connectivity index (χ1v) is 5.65. The van der Waals surface area contributed by atoms with Crippen molar-refractivity contribution in [1.29, 1.82) is 0 Å². The molecule has 1 aliphatic rings. The smallest absolute Gasteiger partial charge is 0.126 e.